The first-order chi connectivity index (χ1) is 5.70. The molecule has 1 aliphatic rings. The van der Waals surface area contributed by atoms with Crippen molar-refractivity contribution in [2.24, 2.45) is 0 Å². The summed E-state index contributed by atoms with van der Waals surface area (Å²) in [4.78, 5) is 0. The molecule has 0 N–H and O–H groups in total. The Morgan fingerprint density at radius 1 is 1.25 bits per heavy atom. The molecule has 0 aliphatic heterocycles. The zero-order valence-electron chi connectivity index (χ0n) is 8.19. The molecule has 0 aromatic heterocycles. The minimum absolute atomic E-state index is 1.20. The minimum atomic E-state index is 1.20. The lowest BCUT2D eigenvalue weighted by Gasteiger charge is -2.15. The van der Waals surface area contributed by atoms with Crippen molar-refractivity contribution in [1.29, 1.82) is 0 Å². The molecule has 1 saturated carbocycles. The fourth-order valence-corrected chi connectivity index (χ4v) is 1.46. The van der Waals surface area contributed by atoms with Gasteiger partial charge < -0.3 is 0 Å². The molecule has 0 heterocycles. The fraction of sp³-hybridized carbons (Fsp3) is 0.500. The number of hydrogen-bond acceptors (Lipinski definition) is 0. The Kier molecular flexibility index (Phi) is 3.33. The lowest BCUT2D eigenvalue weighted by Crippen LogP contribution is -1.96. The summed E-state index contributed by atoms with van der Waals surface area (Å²) in [7, 11) is 0. The third kappa shape index (κ3) is 2.69. The Morgan fingerprint density at radius 2 is 1.92 bits per heavy atom. The Morgan fingerprint density at radius 3 is 2.50 bits per heavy atom. The van der Waals surface area contributed by atoms with Crippen LogP contribution in [0.1, 0.15) is 39.5 Å². The van der Waals surface area contributed by atoms with Crippen molar-refractivity contribution in [1.82, 2.24) is 0 Å². The van der Waals surface area contributed by atoms with Crippen molar-refractivity contribution in [3.63, 3.8) is 0 Å². The third-order valence-electron chi connectivity index (χ3n) is 2.25. The largest absolute Gasteiger partial charge is 0.0956 e. The Labute approximate surface area is 75.7 Å². The highest BCUT2D eigenvalue weighted by Gasteiger charge is 2.07. The molecule has 0 radical (unpaired) electrons. The summed E-state index contributed by atoms with van der Waals surface area (Å²) >= 11 is 0. The summed E-state index contributed by atoms with van der Waals surface area (Å²) in [5.74, 6) is 0. The summed E-state index contributed by atoms with van der Waals surface area (Å²) in [6, 6.07) is 0. The molecule has 0 nitrogen and oxygen atoms in total. The molecule has 0 unspecified atom stereocenters. The summed E-state index contributed by atoms with van der Waals surface area (Å²) in [5, 5.41) is 0. The van der Waals surface area contributed by atoms with E-state index in [4.69, 9.17) is 0 Å². The summed E-state index contributed by atoms with van der Waals surface area (Å²) < 4.78 is 0. The standard InChI is InChI=1S/C12H18/c1-10(2)8-9-12-7-5-4-6-11(12)3/h8-9H,3-7H2,1-2H3/b12-9-. The normalized spacial score (nSPS) is 21.2. The highest BCUT2D eigenvalue weighted by Crippen LogP contribution is 2.27. The molecule has 0 saturated heterocycles. The van der Waals surface area contributed by atoms with Gasteiger partial charge in [-0.15, -0.1) is 0 Å². The number of allylic oxidation sites excluding steroid dienone is 5. The molecule has 12 heavy (non-hydrogen) atoms. The highest BCUT2D eigenvalue weighted by molar-refractivity contribution is 5.33. The van der Waals surface area contributed by atoms with Gasteiger partial charge in [0.1, 0.15) is 0 Å². The molecule has 1 aliphatic carbocycles. The molecule has 0 bridgehead atoms. The van der Waals surface area contributed by atoms with Crippen molar-refractivity contribution < 1.29 is 0 Å². The number of hydrogen-bond donors (Lipinski definition) is 0. The van der Waals surface area contributed by atoms with E-state index in [-0.39, 0.29) is 0 Å². The second-order valence-electron chi connectivity index (χ2n) is 3.75. The van der Waals surface area contributed by atoms with Crippen LogP contribution >= 0.6 is 0 Å². The van der Waals surface area contributed by atoms with Gasteiger partial charge in [0, 0.05) is 0 Å². The Hall–Kier alpha value is -0.780. The van der Waals surface area contributed by atoms with Gasteiger partial charge in [-0.25, -0.2) is 0 Å². The minimum Gasteiger partial charge on any atom is -0.0956 e. The highest BCUT2D eigenvalue weighted by atomic mass is 14.1. The van der Waals surface area contributed by atoms with Gasteiger partial charge in [-0.05, 0) is 45.1 Å². The average Bonchev–Trinajstić information content (AvgIpc) is 2.03. The molecule has 0 aromatic carbocycles. The first-order valence-electron chi connectivity index (χ1n) is 4.72. The molecule has 1 fully saturated rings. The molecule has 0 heteroatoms. The molecule has 0 spiro atoms. The van der Waals surface area contributed by atoms with Crippen LogP contribution in [0.2, 0.25) is 0 Å². The molecule has 0 amide bonds. The van der Waals surface area contributed by atoms with Crippen LogP contribution in [0.3, 0.4) is 0 Å². The van der Waals surface area contributed by atoms with Gasteiger partial charge in [-0.3, -0.25) is 0 Å². The van der Waals surface area contributed by atoms with Gasteiger partial charge in [0.05, 0.1) is 0 Å². The third-order valence-corrected chi connectivity index (χ3v) is 2.25. The summed E-state index contributed by atoms with van der Waals surface area (Å²) in [5.41, 5.74) is 4.17. The monoisotopic (exact) mass is 162 g/mol. The van der Waals surface area contributed by atoms with Gasteiger partial charge in [-0.1, -0.05) is 29.9 Å². The van der Waals surface area contributed by atoms with Crippen molar-refractivity contribution >= 4 is 0 Å². The molecule has 66 valence electrons. The van der Waals surface area contributed by atoms with Crippen LogP contribution in [0.15, 0.2) is 35.5 Å². The fourth-order valence-electron chi connectivity index (χ4n) is 1.46. The van der Waals surface area contributed by atoms with Gasteiger partial charge in [-0.2, -0.15) is 0 Å². The predicted molar refractivity (Wildman–Crippen MR) is 55.1 cm³/mol. The summed E-state index contributed by atoms with van der Waals surface area (Å²) in [6.07, 6.45) is 9.50. The zero-order valence-corrected chi connectivity index (χ0v) is 8.19. The van der Waals surface area contributed by atoms with Crippen molar-refractivity contribution in [2.45, 2.75) is 39.5 Å². The van der Waals surface area contributed by atoms with Gasteiger partial charge in [0.2, 0.25) is 0 Å². The van der Waals surface area contributed by atoms with Gasteiger partial charge in [0.25, 0.3) is 0 Å². The predicted octanol–water partition coefficient (Wildman–Crippen LogP) is 4.01. The van der Waals surface area contributed by atoms with E-state index in [1.165, 1.54) is 42.4 Å². The average molecular weight is 162 g/mol. The van der Waals surface area contributed by atoms with Gasteiger partial charge >= 0.3 is 0 Å². The van der Waals surface area contributed by atoms with E-state index in [2.05, 4.69) is 32.6 Å². The molecule has 0 aromatic rings. The van der Waals surface area contributed by atoms with Crippen molar-refractivity contribution in [3.8, 4) is 0 Å². The van der Waals surface area contributed by atoms with Crippen LogP contribution < -0.4 is 0 Å². The lowest BCUT2D eigenvalue weighted by molar-refractivity contribution is 0.681. The lowest BCUT2D eigenvalue weighted by atomic mass is 9.90. The second-order valence-corrected chi connectivity index (χ2v) is 3.75. The Bertz CT molecular complexity index is 224. The maximum Gasteiger partial charge on any atom is -0.0276 e. The van der Waals surface area contributed by atoms with Crippen LogP contribution in [0.5, 0.6) is 0 Å². The van der Waals surface area contributed by atoms with Crippen LogP contribution in [-0.4, -0.2) is 0 Å². The van der Waals surface area contributed by atoms with Crippen LogP contribution in [0, 0.1) is 0 Å². The van der Waals surface area contributed by atoms with E-state index in [9.17, 15) is 0 Å². The van der Waals surface area contributed by atoms with Crippen LogP contribution in [0.4, 0.5) is 0 Å². The molecular formula is C12H18. The van der Waals surface area contributed by atoms with E-state index >= 15 is 0 Å². The zero-order chi connectivity index (χ0) is 8.97. The van der Waals surface area contributed by atoms with E-state index in [1.54, 1.807) is 0 Å². The van der Waals surface area contributed by atoms with E-state index < -0.39 is 0 Å². The van der Waals surface area contributed by atoms with E-state index in [1.807, 2.05) is 0 Å². The topological polar surface area (TPSA) is 0 Å². The van der Waals surface area contributed by atoms with Gasteiger partial charge in [0.15, 0.2) is 0 Å². The molecular weight excluding hydrogens is 144 g/mol. The maximum absolute atomic E-state index is 4.08. The number of rotatable bonds is 1. The van der Waals surface area contributed by atoms with E-state index in [0.29, 0.717) is 0 Å². The second kappa shape index (κ2) is 4.30. The van der Waals surface area contributed by atoms with Crippen molar-refractivity contribution in [2.75, 3.05) is 0 Å². The first kappa shape index (κ1) is 9.31. The SMILES string of the molecule is C=C1CCCC/C1=C/C=C(C)C. The quantitative estimate of drug-likeness (QED) is 0.546. The molecule has 0 atom stereocenters. The molecule has 1 rings (SSSR count). The van der Waals surface area contributed by atoms with Crippen LogP contribution in [-0.2, 0) is 0 Å². The Balaban J connectivity index is 2.65. The van der Waals surface area contributed by atoms with Crippen LogP contribution in [0.25, 0.3) is 0 Å². The smallest absolute Gasteiger partial charge is 0.0276 e. The summed E-state index contributed by atoms with van der Waals surface area (Å²) in [6.45, 7) is 8.33. The first-order valence-corrected chi connectivity index (χ1v) is 4.72. The van der Waals surface area contributed by atoms with Crippen molar-refractivity contribution in [3.05, 3.63) is 35.5 Å². The van der Waals surface area contributed by atoms with E-state index in [0.717, 1.165) is 0 Å². The maximum atomic E-state index is 4.08.